The highest BCUT2D eigenvalue weighted by atomic mass is 19.1. The van der Waals surface area contributed by atoms with Crippen molar-refractivity contribution in [2.75, 3.05) is 18.0 Å². The highest BCUT2D eigenvalue weighted by molar-refractivity contribution is 6.00. The monoisotopic (exact) mass is 265 g/mol. The lowest BCUT2D eigenvalue weighted by Crippen LogP contribution is -2.37. The summed E-state index contributed by atoms with van der Waals surface area (Å²) in [5.41, 5.74) is 0.856. The molecule has 1 aliphatic rings. The van der Waals surface area contributed by atoms with Gasteiger partial charge in [0.15, 0.2) is 5.78 Å². The molecular formula is C15H20FNO2. The first-order valence-corrected chi connectivity index (χ1v) is 6.73. The van der Waals surface area contributed by atoms with Gasteiger partial charge in [-0.2, -0.15) is 0 Å². The summed E-state index contributed by atoms with van der Waals surface area (Å²) in [7, 11) is 0. The van der Waals surface area contributed by atoms with Crippen molar-refractivity contribution in [2.24, 2.45) is 5.92 Å². The number of aliphatic hydroxyl groups excluding tert-OH is 1. The molecule has 4 heteroatoms. The second-order valence-corrected chi connectivity index (χ2v) is 5.26. The van der Waals surface area contributed by atoms with Gasteiger partial charge in [0.1, 0.15) is 5.82 Å². The molecule has 1 aliphatic heterocycles. The van der Waals surface area contributed by atoms with Crippen LogP contribution in [0.3, 0.4) is 0 Å². The van der Waals surface area contributed by atoms with Crippen LogP contribution < -0.4 is 4.90 Å². The third-order valence-electron chi connectivity index (χ3n) is 3.91. The van der Waals surface area contributed by atoms with Gasteiger partial charge in [0, 0.05) is 13.1 Å². The number of hydrogen-bond acceptors (Lipinski definition) is 3. The summed E-state index contributed by atoms with van der Waals surface area (Å²) in [5.74, 6) is -0.404. The van der Waals surface area contributed by atoms with Crippen LogP contribution in [0.1, 0.15) is 37.0 Å². The Hall–Kier alpha value is -1.42. The number of ketones is 1. The summed E-state index contributed by atoms with van der Waals surface area (Å²) in [6.45, 7) is 4.70. The van der Waals surface area contributed by atoms with Crippen molar-refractivity contribution in [2.45, 2.75) is 32.8 Å². The molecule has 3 nitrogen and oxygen atoms in total. The average Bonchev–Trinajstić information content (AvgIpc) is 2.38. The Morgan fingerprint density at radius 1 is 1.42 bits per heavy atom. The molecule has 0 saturated carbocycles. The first-order valence-electron chi connectivity index (χ1n) is 6.73. The zero-order valence-corrected chi connectivity index (χ0v) is 11.4. The fourth-order valence-electron chi connectivity index (χ4n) is 2.75. The molecule has 1 unspecified atom stereocenters. The van der Waals surface area contributed by atoms with E-state index in [1.54, 1.807) is 12.1 Å². The van der Waals surface area contributed by atoms with Crippen LogP contribution in [0.2, 0.25) is 0 Å². The molecule has 1 fully saturated rings. The van der Waals surface area contributed by atoms with Gasteiger partial charge in [0.25, 0.3) is 0 Å². The van der Waals surface area contributed by atoms with Gasteiger partial charge in [-0.25, -0.2) is 4.39 Å². The number of carbonyl (C=O) groups excluding carboxylic acids is 1. The van der Waals surface area contributed by atoms with Crippen LogP contribution in [-0.2, 0) is 0 Å². The topological polar surface area (TPSA) is 40.5 Å². The van der Waals surface area contributed by atoms with Crippen molar-refractivity contribution in [3.8, 4) is 0 Å². The highest BCUT2D eigenvalue weighted by Gasteiger charge is 2.25. The van der Waals surface area contributed by atoms with Crippen molar-refractivity contribution in [1.82, 2.24) is 0 Å². The molecule has 19 heavy (non-hydrogen) atoms. The minimum atomic E-state index is -0.456. The van der Waals surface area contributed by atoms with Gasteiger partial charge < -0.3 is 10.0 Å². The molecule has 0 aromatic heterocycles. The predicted molar refractivity (Wildman–Crippen MR) is 73.0 cm³/mol. The van der Waals surface area contributed by atoms with Gasteiger partial charge in [0.2, 0.25) is 0 Å². The summed E-state index contributed by atoms with van der Waals surface area (Å²) in [6.07, 6.45) is 1.43. The molecule has 1 saturated heterocycles. The Morgan fingerprint density at radius 3 is 2.58 bits per heavy atom. The van der Waals surface area contributed by atoms with E-state index in [1.807, 2.05) is 11.8 Å². The minimum Gasteiger partial charge on any atom is -0.393 e. The number of Topliss-reactive ketones (excluding diaryl/α,β-unsaturated/α-hetero) is 1. The molecule has 0 amide bonds. The number of nitrogens with zero attached hydrogens (tertiary/aromatic N) is 1. The van der Waals surface area contributed by atoms with E-state index in [2.05, 4.69) is 0 Å². The molecule has 0 aliphatic carbocycles. The van der Waals surface area contributed by atoms with E-state index < -0.39 is 5.82 Å². The van der Waals surface area contributed by atoms with Crippen LogP contribution in [0.15, 0.2) is 18.2 Å². The largest absolute Gasteiger partial charge is 0.393 e. The Morgan fingerprint density at radius 2 is 2.05 bits per heavy atom. The Bertz CT molecular complexity index is 465. The molecular weight excluding hydrogens is 245 g/mol. The summed E-state index contributed by atoms with van der Waals surface area (Å²) in [5, 5.41) is 9.59. The molecule has 104 valence electrons. The normalized spacial score (nSPS) is 18.4. The SMILES string of the molecule is CC(=O)c1c(F)cccc1N1CCC(C(C)O)CC1. The van der Waals surface area contributed by atoms with E-state index in [-0.39, 0.29) is 17.5 Å². The molecule has 0 bridgehead atoms. The van der Waals surface area contributed by atoms with Crippen molar-refractivity contribution < 1.29 is 14.3 Å². The van der Waals surface area contributed by atoms with Gasteiger partial charge in [-0.15, -0.1) is 0 Å². The maximum Gasteiger partial charge on any atom is 0.164 e. The minimum absolute atomic E-state index is 0.179. The van der Waals surface area contributed by atoms with Crippen LogP contribution in [0, 0.1) is 11.7 Å². The van der Waals surface area contributed by atoms with E-state index in [9.17, 15) is 14.3 Å². The van der Waals surface area contributed by atoms with Crippen molar-refractivity contribution in [1.29, 1.82) is 0 Å². The number of hydrogen-bond donors (Lipinski definition) is 1. The first-order chi connectivity index (χ1) is 9.00. The van der Waals surface area contributed by atoms with Crippen molar-refractivity contribution in [3.63, 3.8) is 0 Å². The van der Waals surface area contributed by atoms with E-state index >= 15 is 0 Å². The lowest BCUT2D eigenvalue weighted by Gasteiger charge is -2.35. The molecule has 2 rings (SSSR count). The maximum absolute atomic E-state index is 13.8. The predicted octanol–water partition coefficient (Wildman–Crippen LogP) is 2.63. The van der Waals surface area contributed by atoms with Crippen LogP contribution in [0.5, 0.6) is 0 Å². The van der Waals surface area contributed by atoms with Gasteiger partial charge >= 0.3 is 0 Å². The van der Waals surface area contributed by atoms with Crippen molar-refractivity contribution in [3.05, 3.63) is 29.6 Å². The summed E-state index contributed by atoms with van der Waals surface area (Å²) in [4.78, 5) is 13.6. The van der Waals surface area contributed by atoms with E-state index in [4.69, 9.17) is 0 Å². The lowest BCUT2D eigenvalue weighted by atomic mass is 9.91. The molecule has 1 atom stereocenters. The molecule has 1 N–H and O–H groups in total. The second-order valence-electron chi connectivity index (χ2n) is 5.26. The Kier molecular flexibility index (Phi) is 4.20. The van der Waals surface area contributed by atoms with Gasteiger partial charge in [0.05, 0.1) is 17.4 Å². The zero-order chi connectivity index (χ0) is 14.0. The summed E-state index contributed by atoms with van der Waals surface area (Å²) < 4.78 is 13.8. The van der Waals surface area contributed by atoms with Gasteiger partial charge in [-0.3, -0.25) is 4.79 Å². The Labute approximate surface area is 113 Å². The molecule has 1 aromatic rings. The van der Waals surface area contributed by atoms with Gasteiger partial charge in [-0.1, -0.05) is 6.07 Å². The van der Waals surface area contributed by atoms with Crippen LogP contribution >= 0.6 is 0 Å². The smallest absolute Gasteiger partial charge is 0.164 e. The summed E-state index contributed by atoms with van der Waals surface area (Å²) >= 11 is 0. The first kappa shape index (κ1) is 14.0. The number of carbonyl (C=O) groups is 1. The number of benzene rings is 1. The number of rotatable bonds is 3. The molecule has 1 heterocycles. The number of piperidine rings is 1. The molecule has 1 aromatic carbocycles. The average molecular weight is 265 g/mol. The van der Waals surface area contributed by atoms with Gasteiger partial charge in [-0.05, 0) is 44.7 Å². The van der Waals surface area contributed by atoms with E-state index in [0.29, 0.717) is 11.6 Å². The third kappa shape index (κ3) is 2.95. The molecule has 0 spiro atoms. The van der Waals surface area contributed by atoms with Crippen LogP contribution in [0.4, 0.5) is 10.1 Å². The fraction of sp³-hybridized carbons (Fsp3) is 0.533. The number of halogens is 1. The standard InChI is InChI=1S/C15H20FNO2/c1-10(18)12-6-8-17(9-7-12)14-5-3-4-13(16)15(14)11(2)19/h3-5,10,12,18H,6-9H2,1-2H3. The van der Waals surface area contributed by atoms with Crippen LogP contribution in [0.25, 0.3) is 0 Å². The maximum atomic E-state index is 13.8. The Balaban J connectivity index is 2.20. The number of aliphatic hydroxyl groups is 1. The van der Waals surface area contributed by atoms with E-state index in [0.717, 1.165) is 25.9 Å². The van der Waals surface area contributed by atoms with Crippen LogP contribution in [-0.4, -0.2) is 30.1 Å². The zero-order valence-electron chi connectivity index (χ0n) is 11.4. The lowest BCUT2D eigenvalue weighted by molar-refractivity contribution is 0.101. The second kappa shape index (κ2) is 5.70. The molecule has 0 radical (unpaired) electrons. The highest BCUT2D eigenvalue weighted by Crippen LogP contribution is 2.29. The fourth-order valence-corrected chi connectivity index (χ4v) is 2.75. The van der Waals surface area contributed by atoms with E-state index in [1.165, 1.54) is 13.0 Å². The van der Waals surface area contributed by atoms with Crippen molar-refractivity contribution >= 4 is 11.5 Å². The third-order valence-corrected chi connectivity index (χ3v) is 3.91. The number of anilines is 1. The quantitative estimate of drug-likeness (QED) is 0.854. The summed E-state index contributed by atoms with van der Waals surface area (Å²) in [6, 6.07) is 4.75.